The number of aliphatic hydroxyl groups excluding tert-OH is 1. The smallest absolute Gasteiger partial charge is 0.338 e. The first-order valence-electron chi connectivity index (χ1n) is 32.1. The summed E-state index contributed by atoms with van der Waals surface area (Å²) >= 11 is 0. The third-order valence-corrected chi connectivity index (χ3v) is 16.3. The molecule has 0 aromatic heterocycles. The average molecular weight is 1370 g/mol. The number of carbonyl (C=O) groups is 7. The number of ether oxygens (including phenoxy) is 18. The van der Waals surface area contributed by atoms with Crippen LogP contribution in [0.25, 0.3) is 0 Å². The van der Waals surface area contributed by atoms with Gasteiger partial charge >= 0.3 is 41.8 Å². The molecule has 4 fully saturated rings. The maximum absolute atomic E-state index is 14.7. The summed E-state index contributed by atoms with van der Waals surface area (Å²) in [7, 11) is 1.52. The minimum Gasteiger partial charge on any atom is -0.497 e. The number of hydrogen-bond acceptors (Lipinski definition) is 26. The maximum atomic E-state index is 14.7. The second-order valence-corrected chi connectivity index (χ2v) is 23.6. The molecule has 6 aromatic rings. The molecule has 4 aliphatic heterocycles. The number of methoxy groups -OCH3 is 1. The molecule has 4 aliphatic rings. The molecule has 26 heteroatoms. The summed E-state index contributed by atoms with van der Waals surface area (Å²) in [4.78, 5) is 95.2. The summed E-state index contributed by atoms with van der Waals surface area (Å²) in [5.41, 5.74) is 1.66. The van der Waals surface area contributed by atoms with Gasteiger partial charge in [0.25, 0.3) is 0 Å². The molecule has 0 spiro atoms. The minimum atomic E-state index is -2.02. The lowest BCUT2D eigenvalue weighted by Gasteiger charge is -2.50. The molecule has 0 aliphatic carbocycles. The quantitative estimate of drug-likeness (QED) is 0.0409. The number of carbonyl (C=O) groups excluding carboxylic acids is 7. The van der Waals surface area contributed by atoms with E-state index in [0.29, 0.717) is 11.5 Å². The molecule has 10 rings (SSSR count). The van der Waals surface area contributed by atoms with E-state index in [1.807, 2.05) is 60.7 Å². The SMILES string of the molecule is COc1ccc(O[C@H]2O[C@H](C)[C@@H](OCc3ccccc3)[C@H](O[C@@H]3OC[C@@H](O[C@@H]4O[C@H](COC(C)=O)[C@H](OC(C)=O)[C@H](OC(C)=O)[C@H]4O)[C@H](OC(C)=O)[C@H]3O[C@@H]3O[C@H](C)[C@@H](OC(=O)c4ccccc4)[C@H](OC(=O)c4ccccc4)[C@H]3OC(=O)c3ccccc3)[C@H]2OCc2ccccc2)cc1. The highest BCUT2D eigenvalue weighted by molar-refractivity contribution is 5.91. The van der Waals surface area contributed by atoms with Gasteiger partial charge in [-0.15, -0.1) is 0 Å². The van der Waals surface area contributed by atoms with Crippen LogP contribution in [0.4, 0.5) is 0 Å². The van der Waals surface area contributed by atoms with Crippen molar-refractivity contribution in [3.63, 3.8) is 0 Å². The molecular weight excluding hydrogens is 1290 g/mol. The van der Waals surface area contributed by atoms with Gasteiger partial charge in [-0.3, -0.25) is 19.2 Å². The standard InChI is InChI=1S/C73H78O26/c1-41-57(84-37-47-23-13-8-14-24-47)62(64(85-38-48-25-15-9-16-26-48)72(87-41)92-53-35-33-52(82-7)34-36-53)98-71-65(60(90-45(5)76)55(40-86-71)94-70-56(78)61(91-46(6)77)59(89-44(4)75)54(93-70)39-83-43(3)74)99-73-66(97-69(81)51-31-21-12-22-32-51)63(96-68(80)50-29-19-11-20-30-50)58(42(2)88-73)95-67(79)49-27-17-10-18-28-49/h8-36,41-42,54-66,70-73,78H,37-40H2,1-7H3/t41-,42-,54-,55-,56-,57-,58-,59+,60+,61-,62+,63+,64-,65-,66-,70+,71+,72-,73+/m1/s1. The first-order valence-corrected chi connectivity index (χ1v) is 32.1. The second-order valence-electron chi connectivity index (χ2n) is 23.6. The van der Waals surface area contributed by atoms with Crippen LogP contribution in [0.1, 0.15) is 83.7 Å². The Morgan fingerprint density at radius 3 is 1.36 bits per heavy atom. The van der Waals surface area contributed by atoms with Crippen molar-refractivity contribution >= 4 is 41.8 Å². The lowest BCUT2D eigenvalue weighted by molar-refractivity contribution is -0.389. The van der Waals surface area contributed by atoms with Crippen molar-refractivity contribution in [3.05, 3.63) is 204 Å². The zero-order chi connectivity index (χ0) is 70.1. The van der Waals surface area contributed by atoms with Crippen LogP contribution in [0.15, 0.2) is 176 Å². The lowest BCUT2D eigenvalue weighted by Crippen LogP contribution is -2.68. The molecule has 0 saturated carbocycles. The van der Waals surface area contributed by atoms with Gasteiger partial charge in [0.2, 0.25) is 6.29 Å². The number of benzene rings is 6. The maximum Gasteiger partial charge on any atom is 0.338 e. The van der Waals surface area contributed by atoms with Crippen LogP contribution < -0.4 is 9.47 Å². The van der Waals surface area contributed by atoms with E-state index in [-0.39, 0.29) is 29.9 Å². The molecule has 19 atom stereocenters. The van der Waals surface area contributed by atoms with Crippen LogP contribution in [-0.2, 0) is 108 Å². The third kappa shape index (κ3) is 19.2. The van der Waals surface area contributed by atoms with Crippen molar-refractivity contribution < 1.29 is 124 Å². The van der Waals surface area contributed by atoms with Gasteiger partial charge in [0.15, 0.2) is 61.6 Å². The molecule has 526 valence electrons. The Kier molecular flexibility index (Phi) is 25.3. The molecule has 4 heterocycles. The summed E-state index contributed by atoms with van der Waals surface area (Å²) in [6.45, 7) is 6.22. The molecular formula is C73H78O26. The van der Waals surface area contributed by atoms with Crippen molar-refractivity contribution in [3.8, 4) is 11.5 Å². The number of aliphatic hydroxyl groups is 1. The summed E-state index contributed by atoms with van der Waals surface area (Å²) in [5, 5.41) is 12.2. The van der Waals surface area contributed by atoms with Gasteiger partial charge < -0.3 is 90.4 Å². The summed E-state index contributed by atoms with van der Waals surface area (Å²) in [6.07, 6.45) is -30.5. The van der Waals surface area contributed by atoms with Crippen molar-refractivity contribution in [1.82, 2.24) is 0 Å². The normalized spacial score (nSPS) is 28.9. The topological polar surface area (TPSA) is 306 Å². The molecule has 0 bridgehead atoms. The van der Waals surface area contributed by atoms with E-state index in [9.17, 15) is 38.7 Å². The van der Waals surface area contributed by atoms with Gasteiger partial charge in [0.05, 0.1) is 55.8 Å². The van der Waals surface area contributed by atoms with Crippen LogP contribution in [0.3, 0.4) is 0 Å². The van der Waals surface area contributed by atoms with Gasteiger partial charge in [-0.1, -0.05) is 115 Å². The van der Waals surface area contributed by atoms with Gasteiger partial charge in [-0.05, 0) is 85.6 Å². The van der Waals surface area contributed by atoms with E-state index in [0.717, 1.165) is 38.8 Å². The fraction of sp³-hybridized carbons (Fsp3) is 0.411. The van der Waals surface area contributed by atoms with Gasteiger partial charge in [0.1, 0.15) is 54.7 Å². The van der Waals surface area contributed by atoms with Crippen molar-refractivity contribution in [1.29, 1.82) is 0 Å². The fourth-order valence-corrected chi connectivity index (χ4v) is 11.7. The number of esters is 7. The summed E-state index contributed by atoms with van der Waals surface area (Å²) < 4.78 is 115. The van der Waals surface area contributed by atoms with E-state index >= 15 is 0 Å². The number of rotatable bonds is 26. The van der Waals surface area contributed by atoms with E-state index in [1.165, 1.54) is 50.4 Å². The lowest BCUT2D eigenvalue weighted by atomic mass is 9.96. The average Bonchev–Trinajstić information content (AvgIpc) is 0.768. The summed E-state index contributed by atoms with van der Waals surface area (Å²) in [5.74, 6) is -5.50. The van der Waals surface area contributed by atoms with Crippen LogP contribution in [0, 0.1) is 0 Å². The van der Waals surface area contributed by atoms with E-state index in [1.54, 1.807) is 85.8 Å². The first-order chi connectivity index (χ1) is 47.8. The van der Waals surface area contributed by atoms with E-state index in [4.69, 9.17) is 85.3 Å². The first kappa shape index (κ1) is 72.6. The Morgan fingerprint density at radius 2 is 0.848 bits per heavy atom. The highest BCUT2D eigenvalue weighted by Gasteiger charge is 2.59. The Balaban J connectivity index is 1.11. The third-order valence-electron chi connectivity index (χ3n) is 16.3. The van der Waals surface area contributed by atoms with Crippen molar-refractivity contribution in [2.45, 2.75) is 171 Å². The Labute approximate surface area is 570 Å². The molecule has 6 aromatic carbocycles. The number of hydrogen-bond donors (Lipinski definition) is 1. The molecule has 1 N–H and O–H groups in total. The Bertz CT molecular complexity index is 3610. The van der Waals surface area contributed by atoms with Crippen LogP contribution in [0.5, 0.6) is 11.5 Å². The van der Waals surface area contributed by atoms with Crippen molar-refractivity contribution in [2.24, 2.45) is 0 Å². The Morgan fingerprint density at radius 1 is 0.404 bits per heavy atom. The largest absolute Gasteiger partial charge is 0.497 e. The van der Waals surface area contributed by atoms with E-state index < -0.39 is 172 Å². The second kappa shape index (κ2) is 34.5. The predicted octanol–water partition coefficient (Wildman–Crippen LogP) is 7.37. The van der Waals surface area contributed by atoms with Crippen LogP contribution in [-0.4, -0.2) is 184 Å². The highest BCUT2D eigenvalue weighted by Crippen LogP contribution is 2.40. The van der Waals surface area contributed by atoms with Gasteiger partial charge in [-0.25, -0.2) is 14.4 Å². The highest BCUT2D eigenvalue weighted by atomic mass is 16.8. The van der Waals surface area contributed by atoms with Crippen LogP contribution in [0.2, 0.25) is 0 Å². The molecule has 26 nitrogen and oxygen atoms in total. The molecule has 99 heavy (non-hydrogen) atoms. The zero-order valence-electron chi connectivity index (χ0n) is 55.2. The molecule has 0 unspecified atom stereocenters. The van der Waals surface area contributed by atoms with Crippen molar-refractivity contribution in [2.75, 3.05) is 20.3 Å². The molecule has 4 saturated heterocycles. The zero-order valence-corrected chi connectivity index (χ0v) is 55.2. The minimum absolute atomic E-state index is 0.00208. The molecule has 0 amide bonds. The fourth-order valence-electron chi connectivity index (χ4n) is 11.7. The predicted molar refractivity (Wildman–Crippen MR) is 342 cm³/mol. The Hall–Kier alpha value is -9.19. The van der Waals surface area contributed by atoms with Gasteiger partial charge in [-0.2, -0.15) is 0 Å². The van der Waals surface area contributed by atoms with E-state index in [2.05, 4.69) is 0 Å². The van der Waals surface area contributed by atoms with Crippen LogP contribution >= 0.6 is 0 Å². The monoisotopic (exact) mass is 1370 g/mol. The summed E-state index contributed by atoms with van der Waals surface area (Å²) in [6, 6.07) is 48.7. The molecule has 0 radical (unpaired) electrons. The van der Waals surface area contributed by atoms with Gasteiger partial charge in [0, 0.05) is 27.7 Å².